The number of rotatable bonds is 6. The first kappa shape index (κ1) is 24.8. The van der Waals surface area contributed by atoms with Crippen molar-refractivity contribution in [1.29, 1.82) is 0 Å². The zero-order valence-electron chi connectivity index (χ0n) is 21.5. The van der Waals surface area contributed by atoms with Crippen LogP contribution in [0, 0.1) is 5.82 Å². The Hall–Kier alpha value is -5.51. The number of halogens is 1. The largest absolute Gasteiger partial charge is 0.497 e. The van der Waals surface area contributed by atoms with Gasteiger partial charge in [-0.2, -0.15) is 0 Å². The maximum Gasteiger partial charge on any atom is 0.261 e. The van der Waals surface area contributed by atoms with Crippen LogP contribution in [0.4, 0.5) is 10.1 Å². The number of amides is 1. The molecule has 3 heterocycles. The number of carbonyl (C=O) groups is 1. The second kappa shape index (κ2) is 9.99. The van der Waals surface area contributed by atoms with Crippen molar-refractivity contribution in [2.45, 2.75) is 0 Å². The molecule has 9 nitrogen and oxygen atoms in total. The summed E-state index contributed by atoms with van der Waals surface area (Å²) in [6, 6.07) is 19.9. The number of para-hydroxylation sites is 1. The van der Waals surface area contributed by atoms with Gasteiger partial charge in [0.2, 0.25) is 5.43 Å². The lowest BCUT2D eigenvalue weighted by Gasteiger charge is -2.14. The van der Waals surface area contributed by atoms with Crippen molar-refractivity contribution in [2.75, 3.05) is 12.4 Å². The third kappa shape index (κ3) is 4.41. The van der Waals surface area contributed by atoms with Crippen LogP contribution in [0.3, 0.4) is 0 Å². The monoisotopic (exact) mass is 535 g/mol. The molecule has 198 valence electrons. The predicted octanol–water partition coefficient (Wildman–Crippen LogP) is 5.46. The van der Waals surface area contributed by atoms with Crippen molar-refractivity contribution in [2.24, 2.45) is 7.05 Å². The van der Waals surface area contributed by atoms with Gasteiger partial charge < -0.3 is 23.9 Å². The van der Waals surface area contributed by atoms with E-state index in [9.17, 15) is 9.59 Å². The second-order valence-electron chi connectivity index (χ2n) is 9.00. The van der Waals surface area contributed by atoms with Crippen LogP contribution < -0.4 is 20.2 Å². The summed E-state index contributed by atoms with van der Waals surface area (Å²) < 4.78 is 29.5. The first-order valence-electron chi connectivity index (χ1n) is 12.3. The zero-order valence-corrected chi connectivity index (χ0v) is 21.5. The van der Waals surface area contributed by atoms with Gasteiger partial charge in [-0.1, -0.05) is 12.1 Å². The van der Waals surface area contributed by atoms with Gasteiger partial charge in [0, 0.05) is 48.3 Å². The molecule has 0 radical (unpaired) electrons. The van der Waals surface area contributed by atoms with Crippen LogP contribution >= 0.6 is 0 Å². The molecule has 0 aliphatic carbocycles. The number of nitrogens with one attached hydrogen (secondary N) is 1. The van der Waals surface area contributed by atoms with Gasteiger partial charge in [0.1, 0.15) is 11.3 Å². The number of hydrogen-bond donors (Lipinski definition) is 1. The maximum absolute atomic E-state index is 15.0. The quantitative estimate of drug-likeness (QED) is 0.304. The summed E-state index contributed by atoms with van der Waals surface area (Å²) in [5.74, 6) is -0.404. The molecule has 0 fully saturated rings. The highest BCUT2D eigenvalue weighted by molar-refractivity contribution is 6.06. The Morgan fingerprint density at radius 2 is 1.77 bits per heavy atom. The highest BCUT2D eigenvalue weighted by atomic mass is 19.1. The summed E-state index contributed by atoms with van der Waals surface area (Å²) in [5.41, 5.74) is 2.09. The van der Waals surface area contributed by atoms with Gasteiger partial charge in [0.15, 0.2) is 28.5 Å². The second-order valence-corrected chi connectivity index (χ2v) is 9.00. The number of nitrogens with zero attached hydrogens (tertiary/aromatic N) is 4. The first-order chi connectivity index (χ1) is 19.4. The van der Waals surface area contributed by atoms with E-state index in [1.54, 1.807) is 72.2 Å². The van der Waals surface area contributed by atoms with Crippen LogP contribution in [0.5, 0.6) is 17.2 Å². The summed E-state index contributed by atoms with van der Waals surface area (Å²) in [6.07, 6.45) is 4.63. The summed E-state index contributed by atoms with van der Waals surface area (Å²) in [5, 5.41) is 3.01. The minimum Gasteiger partial charge on any atom is -0.497 e. The fourth-order valence-corrected chi connectivity index (χ4v) is 4.46. The van der Waals surface area contributed by atoms with E-state index in [1.807, 2.05) is 18.2 Å². The van der Waals surface area contributed by atoms with Crippen molar-refractivity contribution in [3.63, 3.8) is 0 Å². The summed E-state index contributed by atoms with van der Waals surface area (Å²) in [6.45, 7) is 0. The van der Waals surface area contributed by atoms with Crippen LogP contribution in [0.25, 0.3) is 27.8 Å². The molecule has 1 N–H and O–H groups in total. The van der Waals surface area contributed by atoms with E-state index in [2.05, 4.69) is 15.3 Å². The number of anilines is 1. The Balaban J connectivity index is 1.31. The number of hydrogen-bond acceptors (Lipinski definition) is 6. The van der Waals surface area contributed by atoms with Gasteiger partial charge in [-0.3, -0.25) is 9.59 Å². The van der Waals surface area contributed by atoms with E-state index in [-0.39, 0.29) is 17.0 Å². The van der Waals surface area contributed by atoms with Gasteiger partial charge in [-0.05, 0) is 48.5 Å². The van der Waals surface area contributed by atoms with Gasteiger partial charge >= 0.3 is 0 Å². The van der Waals surface area contributed by atoms with E-state index in [1.165, 1.54) is 18.3 Å². The minimum absolute atomic E-state index is 0.0521. The molecule has 0 atom stereocenters. The number of fused-ring (bicyclic) bond motifs is 2. The highest BCUT2D eigenvalue weighted by Crippen LogP contribution is 2.30. The predicted molar refractivity (Wildman–Crippen MR) is 149 cm³/mol. The lowest BCUT2D eigenvalue weighted by atomic mass is 10.1. The topological polar surface area (TPSA) is 100 Å². The molecule has 6 rings (SSSR count). The van der Waals surface area contributed by atoms with E-state index in [0.717, 1.165) is 11.8 Å². The van der Waals surface area contributed by atoms with Crippen LogP contribution in [0.15, 0.2) is 96.3 Å². The molecule has 0 saturated carbocycles. The fourth-order valence-electron chi connectivity index (χ4n) is 4.46. The number of benzene rings is 3. The standard InChI is InChI=1S/C30H22FN5O4/c1-35-17-33-27-26(13-14-32-29(27)35)40-25-12-7-18(15-23(25)31)34-30(38)22-16-36(19-8-10-20(39-2)11-9-19)24-6-4-3-5-21(24)28(22)37/h3-17H,1-2H3,(H,34,38). The van der Waals surface area contributed by atoms with Crippen LogP contribution in [0.1, 0.15) is 10.4 Å². The van der Waals surface area contributed by atoms with E-state index >= 15 is 4.39 Å². The summed E-state index contributed by atoms with van der Waals surface area (Å²) >= 11 is 0. The molecule has 0 aliphatic heterocycles. The molecule has 0 spiro atoms. The molecule has 3 aromatic heterocycles. The van der Waals surface area contributed by atoms with Gasteiger partial charge in [-0.25, -0.2) is 14.4 Å². The Morgan fingerprint density at radius 1 is 0.975 bits per heavy atom. The Morgan fingerprint density at radius 3 is 2.55 bits per heavy atom. The smallest absolute Gasteiger partial charge is 0.261 e. The molecule has 0 aliphatic rings. The maximum atomic E-state index is 15.0. The van der Waals surface area contributed by atoms with Crippen molar-refractivity contribution in [3.8, 4) is 22.9 Å². The Labute approximate surface area is 227 Å². The van der Waals surface area contributed by atoms with Crippen molar-refractivity contribution in [1.82, 2.24) is 19.1 Å². The molecule has 1 amide bonds. The molecule has 10 heteroatoms. The molecule has 0 saturated heterocycles. The summed E-state index contributed by atoms with van der Waals surface area (Å²) in [7, 11) is 3.37. The normalized spacial score (nSPS) is 11.1. The molecule has 3 aromatic carbocycles. The third-order valence-electron chi connectivity index (χ3n) is 6.48. The van der Waals surface area contributed by atoms with Crippen LogP contribution in [0.2, 0.25) is 0 Å². The lowest BCUT2D eigenvalue weighted by Crippen LogP contribution is -2.23. The fraction of sp³-hybridized carbons (Fsp3) is 0.0667. The molecule has 0 unspecified atom stereocenters. The highest BCUT2D eigenvalue weighted by Gasteiger charge is 2.18. The Kier molecular flexibility index (Phi) is 6.19. The number of ether oxygens (including phenoxy) is 2. The molecule has 40 heavy (non-hydrogen) atoms. The van der Waals surface area contributed by atoms with Crippen LogP contribution in [-0.4, -0.2) is 32.1 Å². The molecular weight excluding hydrogens is 513 g/mol. The summed E-state index contributed by atoms with van der Waals surface area (Å²) in [4.78, 5) is 35.1. The first-order valence-corrected chi connectivity index (χ1v) is 12.3. The molecule has 6 aromatic rings. The number of carbonyl (C=O) groups excluding carboxylic acids is 1. The average Bonchev–Trinajstić information content (AvgIpc) is 3.36. The van der Waals surface area contributed by atoms with Crippen LogP contribution in [-0.2, 0) is 7.05 Å². The van der Waals surface area contributed by atoms with E-state index in [0.29, 0.717) is 33.6 Å². The third-order valence-corrected chi connectivity index (χ3v) is 6.48. The number of aryl methyl sites for hydroxylation is 1. The molecular formula is C30H22FN5O4. The number of methoxy groups -OCH3 is 1. The Bertz CT molecular complexity index is 1960. The van der Waals surface area contributed by atoms with Gasteiger partial charge in [0.05, 0.1) is 19.0 Å². The van der Waals surface area contributed by atoms with E-state index < -0.39 is 17.2 Å². The number of aromatic nitrogens is 4. The van der Waals surface area contributed by atoms with E-state index in [4.69, 9.17) is 9.47 Å². The average molecular weight is 536 g/mol. The molecule has 0 bridgehead atoms. The minimum atomic E-state index is -0.701. The van der Waals surface area contributed by atoms with Crippen molar-refractivity contribution < 1.29 is 18.7 Å². The number of imidazole rings is 1. The number of pyridine rings is 2. The van der Waals surface area contributed by atoms with Gasteiger partial charge in [0.25, 0.3) is 5.91 Å². The van der Waals surface area contributed by atoms with Gasteiger partial charge in [-0.15, -0.1) is 0 Å². The lowest BCUT2D eigenvalue weighted by molar-refractivity contribution is 0.102. The SMILES string of the molecule is COc1ccc(-n2cc(C(=O)Nc3ccc(Oc4ccnc5c4ncn5C)c(F)c3)c(=O)c3ccccc32)cc1. The zero-order chi connectivity index (χ0) is 27.8. The van der Waals surface area contributed by atoms with Crippen molar-refractivity contribution >= 4 is 33.7 Å². The van der Waals surface area contributed by atoms with Crippen molar-refractivity contribution in [3.05, 3.63) is 113 Å².